The van der Waals surface area contributed by atoms with Crippen LogP contribution in [0, 0.1) is 11.8 Å². The van der Waals surface area contributed by atoms with Gasteiger partial charge >= 0.3 is 5.97 Å². The van der Waals surface area contributed by atoms with Gasteiger partial charge in [0.2, 0.25) is 11.8 Å². The average molecular weight is 253 g/mol. The number of anilines is 1. The molecule has 100 valence electrons. The number of nitrogens with one attached hydrogen (secondary N) is 1. The highest BCUT2D eigenvalue weighted by Crippen LogP contribution is 2.13. The van der Waals surface area contributed by atoms with Crippen LogP contribution in [0.2, 0.25) is 0 Å². The molecule has 0 aliphatic carbocycles. The van der Waals surface area contributed by atoms with Crippen molar-refractivity contribution in [3.63, 3.8) is 0 Å². The van der Waals surface area contributed by atoms with E-state index in [1.807, 2.05) is 13.8 Å². The Bertz CT molecular complexity index is 396. The van der Waals surface area contributed by atoms with Gasteiger partial charge in [0.05, 0.1) is 13.0 Å². The van der Waals surface area contributed by atoms with Crippen LogP contribution in [0.4, 0.5) is 5.95 Å². The van der Waals surface area contributed by atoms with E-state index in [2.05, 4.69) is 15.3 Å². The zero-order valence-corrected chi connectivity index (χ0v) is 10.9. The third kappa shape index (κ3) is 4.57. The zero-order chi connectivity index (χ0) is 13.5. The number of ether oxygens (including phenoxy) is 1. The van der Waals surface area contributed by atoms with Gasteiger partial charge in [0.15, 0.2) is 0 Å². The molecule has 6 nitrogen and oxygen atoms in total. The maximum atomic E-state index is 11.1. The summed E-state index contributed by atoms with van der Waals surface area (Å²) in [5, 5.41) is 12.0. The van der Waals surface area contributed by atoms with Crippen molar-refractivity contribution in [3.05, 3.63) is 12.3 Å². The molecule has 1 heterocycles. The Balaban J connectivity index is 2.58. The van der Waals surface area contributed by atoms with E-state index in [1.165, 1.54) is 7.11 Å². The molecule has 18 heavy (non-hydrogen) atoms. The zero-order valence-electron chi connectivity index (χ0n) is 10.9. The number of hydrogen-bond acceptors (Lipinski definition) is 5. The van der Waals surface area contributed by atoms with E-state index >= 15 is 0 Å². The number of aromatic nitrogens is 2. The first kappa shape index (κ1) is 14.2. The fraction of sp³-hybridized carbons (Fsp3) is 0.583. The fourth-order valence-electron chi connectivity index (χ4n) is 1.60. The van der Waals surface area contributed by atoms with Gasteiger partial charge in [0, 0.05) is 18.8 Å². The minimum absolute atomic E-state index is 0.306. The lowest BCUT2D eigenvalue weighted by Gasteiger charge is -2.15. The molecule has 1 aromatic rings. The number of aliphatic carboxylic acids is 1. The number of rotatable bonds is 7. The van der Waals surface area contributed by atoms with Gasteiger partial charge < -0.3 is 15.2 Å². The molecular weight excluding hydrogens is 234 g/mol. The molecule has 1 unspecified atom stereocenters. The number of carboxylic acids is 1. The van der Waals surface area contributed by atoms with Gasteiger partial charge in [-0.25, -0.2) is 4.98 Å². The SMILES string of the molecule is COc1ccnc(NCC(CC(C)C)C(=O)O)n1. The molecule has 0 saturated carbocycles. The van der Waals surface area contributed by atoms with Crippen LogP contribution in [-0.2, 0) is 4.79 Å². The molecule has 1 rings (SSSR count). The van der Waals surface area contributed by atoms with Gasteiger partial charge in [-0.15, -0.1) is 0 Å². The summed E-state index contributed by atoms with van der Waals surface area (Å²) in [6.07, 6.45) is 2.18. The van der Waals surface area contributed by atoms with Gasteiger partial charge in [0.1, 0.15) is 0 Å². The number of nitrogens with zero attached hydrogens (tertiary/aromatic N) is 2. The summed E-state index contributed by atoms with van der Waals surface area (Å²) in [5.74, 6) is -0.0920. The quantitative estimate of drug-likeness (QED) is 0.768. The third-order valence-corrected chi connectivity index (χ3v) is 2.45. The van der Waals surface area contributed by atoms with Crippen LogP contribution < -0.4 is 10.1 Å². The van der Waals surface area contributed by atoms with Gasteiger partial charge in [-0.05, 0) is 12.3 Å². The van der Waals surface area contributed by atoms with Gasteiger partial charge in [-0.3, -0.25) is 4.79 Å². The van der Waals surface area contributed by atoms with Crippen LogP contribution in [0.25, 0.3) is 0 Å². The summed E-state index contributed by atoms with van der Waals surface area (Å²) >= 11 is 0. The minimum Gasteiger partial charge on any atom is -0.481 e. The first-order chi connectivity index (χ1) is 8.52. The Morgan fingerprint density at radius 2 is 2.28 bits per heavy atom. The van der Waals surface area contributed by atoms with Crippen LogP contribution in [0.1, 0.15) is 20.3 Å². The summed E-state index contributed by atoms with van der Waals surface area (Å²) in [4.78, 5) is 19.1. The van der Waals surface area contributed by atoms with Crippen LogP contribution >= 0.6 is 0 Å². The molecule has 0 radical (unpaired) electrons. The Kier molecular flexibility index (Phi) is 5.35. The molecule has 1 atom stereocenters. The summed E-state index contributed by atoms with van der Waals surface area (Å²) in [5.41, 5.74) is 0. The van der Waals surface area contributed by atoms with E-state index in [-0.39, 0.29) is 0 Å². The lowest BCUT2D eigenvalue weighted by atomic mass is 9.97. The molecule has 0 spiro atoms. The molecule has 0 aromatic carbocycles. The van der Waals surface area contributed by atoms with Gasteiger partial charge in [-0.2, -0.15) is 4.98 Å². The standard InChI is InChI=1S/C12H19N3O3/c1-8(2)6-9(11(16)17)7-14-12-13-5-4-10(15-12)18-3/h4-5,8-9H,6-7H2,1-3H3,(H,16,17)(H,13,14,15). The lowest BCUT2D eigenvalue weighted by molar-refractivity contribution is -0.141. The molecule has 0 aliphatic heterocycles. The minimum atomic E-state index is -0.806. The second-order valence-electron chi connectivity index (χ2n) is 4.47. The third-order valence-electron chi connectivity index (χ3n) is 2.45. The van der Waals surface area contributed by atoms with E-state index < -0.39 is 11.9 Å². The first-order valence-corrected chi connectivity index (χ1v) is 5.86. The number of carbonyl (C=O) groups is 1. The molecule has 0 fully saturated rings. The number of methoxy groups -OCH3 is 1. The van der Waals surface area contributed by atoms with E-state index in [4.69, 9.17) is 9.84 Å². The Hall–Kier alpha value is -1.85. The van der Waals surface area contributed by atoms with Gasteiger partial charge in [-0.1, -0.05) is 13.8 Å². The van der Waals surface area contributed by atoms with Gasteiger partial charge in [0.25, 0.3) is 0 Å². The second kappa shape index (κ2) is 6.78. The summed E-state index contributed by atoms with van der Waals surface area (Å²) in [6.45, 7) is 4.30. The van der Waals surface area contributed by atoms with Crippen molar-refractivity contribution in [1.29, 1.82) is 0 Å². The van der Waals surface area contributed by atoms with Crippen LogP contribution in [0.3, 0.4) is 0 Å². The largest absolute Gasteiger partial charge is 0.481 e. The second-order valence-corrected chi connectivity index (χ2v) is 4.47. The fourth-order valence-corrected chi connectivity index (χ4v) is 1.60. The van der Waals surface area contributed by atoms with Crippen molar-refractivity contribution < 1.29 is 14.6 Å². The maximum Gasteiger partial charge on any atom is 0.308 e. The smallest absolute Gasteiger partial charge is 0.308 e. The molecule has 0 aliphatic rings. The molecule has 6 heteroatoms. The number of hydrogen-bond donors (Lipinski definition) is 2. The first-order valence-electron chi connectivity index (χ1n) is 5.86. The van der Waals surface area contributed by atoms with Crippen molar-refractivity contribution in [1.82, 2.24) is 9.97 Å². The molecule has 0 saturated heterocycles. The molecule has 1 aromatic heterocycles. The molecule has 2 N–H and O–H groups in total. The Morgan fingerprint density at radius 1 is 1.56 bits per heavy atom. The Labute approximate surface area is 106 Å². The van der Waals surface area contributed by atoms with E-state index in [0.717, 1.165) is 0 Å². The summed E-state index contributed by atoms with van der Waals surface area (Å²) in [6, 6.07) is 1.63. The normalized spacial score (nSPS) is 12.2. The van der Waals surface area contributed by atoms with E-state index in [9.17, 15) is 4.79 Å². The van der Waals surface area contributed by atoms with Crippen molar-refractivity contribution in [2.45, 2.75) is 20.3 Å². The molecular formula is C12H19N3O3. The maximum absolute atomic E-state index is 11.1. The van der Waals surface area contributed by atoms with E-state index in [1.54, 1.807) is 12.3 Å². The predicted octanol–water partition coefficient (Wildman–Crippen LogP) is 1.64. The van der Waals surface area contributed by atoms with E-state index in [0.29, 0.717) is 30.7 Å². The monoisotopic (exact) mass is 253 g/mol. The summed E-state index contributed by atoms with van der Waals surface area (Å²) < 4.78 is 4.97. The molecule has 0 bridgehead atoms. The highest BCUT2D eigenvalue weighted by molar-refractivity contribution is 5.70. The average Bonchev–Trinajstić information content (AvgIpc) is 2.34. The van der Waals surface area contributed by atoms with Crippen LogP contribution in [0.5, 0.6) is 5.88 Å². The highest BCUT2D eigenvalue weighted by atomic mass is 16.5. The van der Waals surface area contributed by atoms with Crippen molar-refractivity contribution in [2.24, 2.45) is 11.8 Å². The van der Waals surface area contributed by atoms with Crippen LogP contribution in [-0.4, -0.2) is 34.7 Å². The number of carboxylic acid groups (broad SMARTS) is 1. The molecule has 0 amide bonds. The van der Waals surface area contributed by atoms with Crippen molar-refractivity contribution in [2.75, 3.05) is 19.0 Å². The summed E-state index contributed by atoms with van der Waals surface area (Å²) in [7, 11) is 1.52. The van der Waals surface area contributed by atoms with Crippen molar-refractivity contribution in [3.8, 4) is 5.88 Å². The predicted molar refractivity (Wildman–Crippen MR) is 67.7 cm³/mol. The topological polar surface area (TPSA) is 84.3 Å². The Morgan fingerprint density at radius 3 is 2.83 bits per heavy atom. The van der Waals surface area contributed by atoms with Crippen molar-refractivity contribution >= 4 is 11.9 Å². The highest BCUT2D eigenvalue weighted by Gasteiger charge is 2.18. The lowest BCUT2D eigenvalue weighted by Crippen LogP contribution is -2.25. The van der Waals surface area contributed by atoms with Crippen LogP contribution in [0.15, 0.2) is 12.3 Å².